The number of pyridine rings is 2. The number of carboxylic acid groups (broad SMARTS) is 1. The molecule has 2 aromatic rings. The molecule has 0 atom stereocenters. The molecule has 1 aliphatic heterocycles. The molecule has 7 heteroatoms. The lowest BCUT2D eigenvalue weighted by molar-refractivity contribution is -0.136. The van der Waals surface area contributed by atoms with Crippen molar-refractivity contribution >= 4 is 11.7 Å². The Morgan fingerprint density at radius 1 is 1.25 bits per heavy atom. The first kappa shape index (κ1) is 22.5. The van der Waals surface area contributed by atoms with Crippen LogP contribution in [-0.2, 0) is 11.2 Å². The summed E-state index contributed by atoms with van der Waals surface area (Å²) in [6.07, 6.45) is 8.64. The minimum absolute atomic E-state index is 0.0211. The number of nitrogens with zero attached hydrogens (tertiary/aromatic N) is 3. The quantitative estimate of drug-likeness (QED) is 0.650. The monoisotopic (exact) mass is 441 g/mol. The van der Waals surface area contributed by atoms with Crippen molar-refractivity contribution in [1.29, 1.82) is 0 Å². The van der Waals surface area contributed by atoms with Crippen LogP contribution < -0.4 is 9.64 Å². The highest BCUT2D eigenvalue weighted by Crippen LogP contribution is 2.40. The van der Waals surface area contributed by atoms with Crippen molar-refractivity contribution in [3.05, 3.63) is 35.5 Å². The number of aliphatic carboxylic acids is 1. The molecule has 1 aliphatic carbocycles. The van der Waals surface area contributed by atoms with Gasteiger partial charge in [-0.3, -0.25) is 9.78 Å². The molecule has 32 heavy (non-hydrogen) atoms. The minimum Gasteiger partial charge on any atom is -0.481 e. The summed E-state index contributed by atoms with van der Waals surface area (Å²) in [5, 5.41) is 9.53. The first-order valence-corrected chi connectivity index (χ1v) is 11.5. The molecule has 6 nitrogen and oxygen atoms in total. The number of ether oxygens (including phenoxy) is 1. The highest BCUT2D eigenvalue weighted by atomic mass is 19.1. The highest BCUT2D eigenvalue weighted by Gasteiger charge is 2.29. The van der Waals surface area contributed by atoms with E-state index in [0.717, 1.165) is 44.5 Å². The van der Waals surface area contributed by atoms with E-state index in [9.17, 15) is 14.3 Å². The van der Waals surface area contributed by atoms with E-state index < -0.39 is 11.8 Å². The fourth-order valence-corrected chi connectivity index (χ4v) is 4.44. The van der Waals surface area contributed by atoms with E-state index >= 15 is 0 Å². The van der Waals surface area contributed by atoms with Crippen molar-refractivity contribution in [1.82, 2.24) is 9.97 Å². The Kier molecular flexibility index (Phi) is 6.35. The maximum absolute atomic E-state index is 14.9. The molecular formula is C25H32FN3O3. The summed E-state index contributed by atoms with van der Waals surface area (Å²) in [5.41, 5.74) is 3.74. The van der Waals surface area contributed by atoms with Crippen molar-refractivity contribution in [2.75, 3.05) is 24.6 Å². The molecule has 3 heterocycles. The minimum atomic E-state index is -0.908. The molecular weight excluding hydrogens is 409 g/mol. The SMILES string of the molecule is Cc1ncc(-c2cnc(OCC3CCC3)c(F)c2)c(N2CCC(C)(C)CC2)c1CC(=O)O. The van der Waals surface area contributed by atoms with Gasteiger partial charge in [0.05, 0.1) is 18.7 Å². The van der Waals surface area contributed by atoms with Gasteiger partial charge < -0.3 is 14.7 Å². The number of carboxylic acids is 1. The average Bonchev–Trinajstić information content (AvgIpc) is 2.69. The number of hydrogen-bond donors (Lipinski definition) is 1. The Hall–Kier alpha value is -2.70. The molecule has 0 aromatic carbocycles. The molecule has 2 aliphatic rings. The predicted molar refractivity (Wildman–Crippen MR) is 122 cm³/mol. The van der Waals surface area contributed by atoms with Crippen LogP contribution in [0.1, 0.15) is 57.2 Å². The van der Waals surface area contributed by atoms with E-state index in [1.807, 2.05) is 6.92 Å². The fourth-order valence-electron chi connectivity index (χ4n) is 4.44. The van der Waals surface area contributed by atoms with Gasteiger partial charge in [-0.2, -0.15) is 0 Å². The van der Waals surface area contributed by atoms with E-state index in [0.29, 0.717) is 34.9 Å². The number of anilines is 1. The summed E-state index contributed by atoms with van der Waals surface area (Å²) in [7, 11) is 0. The predicted octanol–water partition coefficient (Wildman–Crippen LogP) is 5.02. The number of hydrogen-bond acceptors (Lipinski definition) is 5. The Bertz CT molecular complexity index is 994. The molecule has 0 spiro atoms. The smallest absolute Gasteiger partial charge is 0.307 e. The number of aryl methyl sites for hydroxylation is 1. The number of aromatic nitrogens is 2. The molecule has 1 saturated heterocycles. The lowest BCUT2D eigenvalue weighted by Gasteiger charge is -2.40. The van der Waals surface area contributed by atoms with Crippen LogP contribution in [0.3, 0.4) is 0 Å². The van der Waals surface area contributed by atoms with Gasteiger partial charge in [-0.1, -0.05) is 20.3 Å². The van der Waals surface area contributed by atoms with Crippen LogP contribution in [0.2, 0.25) is 0 Å². The van der Waals surface area contributed by atoms with E-state index in [4.69, 9.17) is 4.74 Å². The van der Waals surface area contributed by atoms with Crippen LogP contribution in [0.5, 0.6) is 5.88 Å². The summed E-state index contributed by atoms with van der Waals surface area (Å²) >= 11 is 0. The van der Waals surface area contributed by atoms with Gasteiger partial charge in [-0.05, 0) is 50.0 Å². The Morgan fingerprint density at radius 2 is 1.97 bits per heavy atom. The molecule has 0 radical (unpaired) electrons. The van der Waals surface area contributed by atoms with E-state index in [2.05, 4.69) is 28.7 Å². The summed E-state index contributed by atoms with van der Waals surface area (Å²) < 4.78 is 20.5. The normalized spacial score (nSPS) is 18.3. The van der Waals surface area contributed by atoms with Gasteiger partial charge in [0.15, 0.2) is 5.82 Å². The summed E-state index contributed by atoms with van der Waals surface area (Å²) in [5.74, 6) is -0.902. The standard InChI is InChI=1S/C25H32FN3O3/c1-16-19(12-22(30)31)23(29-9-7-25(2,3)8-10-29)20(14-27-16)18-11-21(26)24(28-13-18)32-15-17-5-4-6-17/h11,13-14,17H,4-10,12,15H2,1-3H3,(H,30,31). The largest absolute Gasteiger partial charge is 0.481 e. The van der Waals surface area contributed by atoms with Crippen LogP contribution >= 0.6 is 0 Å². The van der Waals surface area contributed by atoms with Gasteiger partial charge in [0.1, 0.15) is 0 Å². The number of rotatable bonds is 7. The number of carbonyl (C=O) groups is 1. The van der Waals surface area contributed by atoms with Crippen LogP contribution in [0.15, 0.2) is 18.5 Å². The molecule has 0 amide bonds. The van der Waals surface area contributed by atoms with E-state index in [1.54, 1.807) is 12.4 Å². The zero-order valence-electron chi connectivity index (χ0n) is 19.2. The third kappa shape index (κ3) is 4.87. The lowest BCUT2D eigenvalue weighted by atomic mass is 9.82. The molecule has 0 unspecified atom stereocenters. The first-order valence-electron chi connectivity index (χ1n) is 11.5. The van der Waals surface area contributed by atoms with Crippen molar-refractivity contribution in [3.63, 3.8) is 0 Å². The second kappa shape index (κ2) is 9.04. The Labute approximate surface area is 188 Å². The molecule has 1 N–H and O–H groups in total. The zero-order valence-corrected chi connectivity index (χ0v) is 19.2. The van der Waals surface area contributed by atoms with Gasteiger partial charge in [-0.15, -0.1) is 0 Å². The lowest BCUT2D eigenvalue weighted by Crippen LogP contribution is -2.38. The third-order valence-corrected chi connectivity index (χ3v) is 6.93. The molecule has 1 saturated carbocycles. The maximum Gasteiger partial charge on any atom is 0.307 e. The molecule has 2 aromatic heterocycles. The second-order valence-corrected chi connectivity index (χ2v) is 9.93. The molecule has 0 bridgehead atoms. The van der Waals surface area contributed by atoms with Gasteiger partial charge >= 0.3 is 5.97 Å². The molecule has 172 valence electrons. The van der Waals surface area contributed by atoms with Crippen LogP contribution in [0.4, 0.5) is 10.1 Å². The van der Waals surface area contributed by atoms with E-state index in [1.165, 1.54) is 12.5 Å². The third-order valence-electron chi connectivity index (χ3n) is 6.93. The van der Waals surface area contributed by atoms with E-state index in [-0.39, 0.29) is 17.7 Å². The van der Waals surface area contributed by atoms with Crippen molar-refractivity contribution in [2.24, 2.45) is 11.3 Å². The van der Waals surface area contributed by atoms with Crippen LogP contribution in [-0.4, -0.2) is 40.7 Å². The fraction of sp³-hybridized carbons (Fsp3) is 0.560. The Balaban J connectivity index is 1.69. The molecule has 2 fully saturated rings. The van der Waals surface area contributed by atoms with Gasteiger partial charge in [0.2, 0.25) is 5.88 Å². The maximum atomic E-state index is 14.9. The average molecular weight is 442 g/mol. The van der Waals surface area contributed by atoms with Crippen molar-refractivity contribution in [3.8, 4) is 17.0 Å². The Morgan fingerprint density at radius 3 is 2.56 bits per heavy atom. The van der Waals surface area contributed by atoms with Crippen molar-refractivity contribution < 1.29 is 19.0 Å². The topological polar surface area (TPSA) is 75.6 Å². The number of piperidine rings is 1. The van der Waals surface area contributed by atoms with Crippen LogP contribution in [0.25, 0.3) is 11.1 Å². The van der Waals surface area contributed by atoms with Gasteiger partial charge in [-0.25, -0.2) is 9.37 Å². The first-order chi connectivity index (χ1) is 15.2. The van der Waals surface area contributed by atoms with Crippen LogP contribution in [0, 0.1) is 24.1 Å². The van der Waals surface area contributed by atoms with Gasteiger partial charge in [0, 0.05) is 47.9 Å². The zero-order chi connectivity index (χ0) is 22.9. The number of halogens is 1. The summed E-state index contributed by atoms with van der Waals surface area (Å²) in [6, 6.07) is 1.43. The highest BCUT2D eigenvalue weighted by molar-refractivity contribution is 5.84. The van der Waals surface area contributed by atoms with Crippen molar-refractivity contribution in [2.45, 2.75) is 59.3 Å². The second-order valence-electron chi connectivity index (χ2n) is 9.93. The summed E-state index contributed by atoms with van der Waals surface area (Å²) in [4.78, 5) is 22.6. The summed E-state index contributed by atoms with van der Waals surface area (Å²) in [6.45, 7) is 8.46. The van der Waals surface area contributed by atoms with Gasteiger partial charge in [0.25, 0.3) is 0 Å². The molecule has 4 rings (SSSR count).